The molecule has 1 amide bonds. The van der Waals surface area contributed by atoms with Crippen LogP contribution in [-0.2, 0) is 0 Å². The average Bonchev–Trinajstić information content (AvgIpc) is 3.52. The Morgan fingerprint density at radius 2 is 1.64 bits per heavy atom. The van der Waals surface area contributed by atoms with Gasteiger partial charge in [-0.05, 0) is 61.5 Å². The Balaban J connectivity index is 1.24. The van der Waals surface area contributed by atoms with Crippen LogP contribution in [0.2, 0.25) is 0 Å². The third kappa shape index (κ3) is 4.33. The number of carbonyl (C=O) groups is 1. The number of aromatic nitrogens is 6. The second-order valence-electron chi connectivity index (χ2n) is 7.27. The third-order valence-electron chi connectivity index (χ3n) is 5.06. The lowest BCUT2D eigenvalue weighted by Crippen LogP contribution is -2.13. The molecule has 0 atom stereocenters. The normalized spacial score (nSPS) is 10.7. The maximum atomic E-state index is 12.8. The van der Waals surface area contributed by atoms with E-state index < -0.39 is 0 Å². The second kappa shape index (κ2) is 8.75. The van der Waals surface area contributed by atoms with Crippen molar-refractivity contribution in [3.8, 4) is 11.5 Å². The fourth-order valence-corrected chi connectivity index (χ4v) is 3.36. The van der Waals surface area contributed by atoms with Crippen molar-refractivity contribution in [2.24, 2.45) is 0 Å². The molecule has 0 saturated carbocycles. The van der Waals surface area contributed by atoms with Gasteiger partial charge < -0.3 is 10.6 Å². The standard InChI is InChI=1S/C24H20N8O/c1-17-21(16-26-32(17)20-6-3-2-4-7-20)24(33)28-19-10-8-18(9-11-19)27-22-12-13-23(30-29-22)31-15-5-14-25-31/h2-16H,1H3,(H,27,29)(H,28,33). The first-order chi connectivity index (χ1) is 16.2. The van der Waals surface area contributed by atoms with E-state index in [0.29, 0.717) is 22.9 Å². The predicted octanol–water partition coefficient (Wildman–Crippen LogP) is 4.15. The van der Waals surface area contributed by atoms with E-state index in [1.165, 1.54) is 0 Å². The van der Waals surface area contributed by atoms with Gasteiger partial charge in [-0.25, -0.2) is 9.36 Å². The molecule has 0 radical (unpaired) electrons. The van der Waals surface area contributed by atoms with Gasteiger partial charge in [0.05, 0.1) is 23.1 Å². The molecule has 3 aromatic heterocycles. The Labute approximate surface area is 189 Å². The number of nitrogens with zero attached hydrogens (tertiary/aromatic N) is 6. The predicted molar refractivity (Wildman–Crippen MR) is 125 cm³/mol. The topological polar surface area (TPSA) is 103 Å². The summed E-state index contributed by atoms with van der Waals surface area (Å²) in [6.45, 7) is 1.88. The lowest BCUT2D eigenvalue weighted by Gasteiger charge is -2.09. The molecule has 9 nitrogen and oxygen atoms in total. The number of benzene rings is 2. The van der Waals surface area contributed by atoms with Crippen LogP contribution in [0.15, 0.2) is 91.4 Å². The maximum absolute atomic E-state index is 12.8. The van der Waals surface area contributed by atoms with Gasteiger partial charge in [-0.15, -0.1) is 10.2 Å². The zero-order chi connectivity index (χ0) is 22.6. The summed E-state index contributed by atoms with van der Waals surface area (Å²) in [5.74, 6) is 1.02. The Hall–Kier alpha value is -4.79. The van der Waals surface area contributed by atoms with E-state index in [0.717, 1.165) is 17.1 Å². The number of hydrogen-bond donors (Lipinski definition) is 2. The molecule has 0 aliphatic rings. The number of para-hydroxylation sites is 1. The highest BCUT2D eigenvalue weighted by molar-refractivity contribution is 6.05. The number of amides is 1. The smallest absolute Gasteiger partial charge is 0.259 e. The van der Waals surface area contributed by atoms with Crippen LogP contribution in [0.5, 0.6) is 0 Å². The van der Waals surface area contributed by atoms with Gasteiger partial charge in [0.25, 0.3) is 5.91 Å². The average molecular weight is 436 g/mol. The van der Waals surface area contributed by atoms with Crippen LogP contribution in [0.25, 0.3) is 11.5 Å². The van der Waals surface area contributed by atoms with Crippen molar-refractivity contribution < 1.29 is 4.79 Å². The molecule has 33 heavy (non-hydrogen) atoms. The van der Waals surface area contributed by atoms with Crippen LogP contribution < -0.4 is 10.6 Å². The minimum Gasteiger partial charge on any atom is -0.339 e. The Morgan fingerprint density at radius 1 is 0.848 bits per heavy atom. The molecule has 0 aliphatic carbocycles. The number of carbonyl (C=O) groups excluding carboxylic acids is 1. The molecule has 2 N–H and O–H groups in total. The van der Waals surface area contributed by atoms with E-state index in [1.54, 1.807) is 28.0 Å². The fraction of sp³-hybridized carbons (Fsp3) is 0.0417. The molecule has 0 bridgehead atoms. The Morgan fingerprint density at radius 3 is 2.33 bits per heavy atom. The van der Waals surface area contributed by atoms with Crippen molar-refractivity contribution in [3.63, 3.8) is 0 Å². The first kappa shape index (κ1) is 20.1. The van der Waals surface area contributed by atoms with E-state index >= 15 is 0 Å². The number of anilines is 3. The van der Waals surface area contributed by atoms with Crippen molar-refractivity contribution in [1.82, 2.24) is 29.8 Å². The first-order valence-corrected chi connectivity index (χ1v) is 10.3. The van der Waals surface area contributed by atoms with Crippen LogP contribution in [0.4, 0.5) is 17.2 Å². The molecule has 162 valence electrons. The van der Waals surface area contributed by atoms with E-state index in [-0.39, 0.29) is 5.91 Å². The molecule has 2 aromatic carbocycles. The van der Waals surface area contributed by atoms with E-state index in [2.05, 4.69) is 31.0 Å². The second-order valence-corrected chi connectivity index (χ2v) is 7.27. The number of hydrogen-bond acceptors (Lipinski definition) is 6. The molecule has 0 saturated heterocycles. The maximum Gasteiger partial charge on any atom is 0.259 e. The SMILES string of the molecule is Cc1c(C(=O)Nc2ccc(Nc3ccc(-n4cccn4)nn3)cc2)cnn1-c1ccccc1. The van der Waals surface area contributed by atoms with Crippen LogP contribution in [-0.4, -0.2) is 35.7 Å². The summed E-state index contributed by atoms with van der Waals surface area (Å²) in [6.07, 6.45) is 5.07. The lowest BCUT2D eigenvalue weighted by molar-refractivity contribution is 0.102. The molecule has 3 heterocycles. The van der Waals surface area contributed by atoms with Crippen LogP contribution in [0.1, 0.15) is 16.1 Å². The van der Waals surface area contributed by atoms with Crippen molar-refractivity contribution in [2.45, 2.75) is 6.92 Å². The molecular weight excluding hydrogens is 416 g/mol. The Bertz CT molecular complexity index is 1360. The van der Waals surface area contributed by atoms with Gasteiger partial charge in [-0.1, -0.05) is 18.2 Å². The lowest BCUT2D eigenvalue weighted by atomic mass is 10.2. The number of rotatable bonds is 6. The van der Waals surface area contributed by atoms with E-state index in [1.807, 2.05) is 79.7 Å². The zero-order valence-electron chi connectivity index (χ0n) is 17.8. The highest BCUT2D eigenvalue weighted by Crippen LogP contribution is 2.20. The van der Waals surface area contributed by atoms with Gasteiger partial charge in [0.2, 0.25) is 0 Å². The zero-order valence-corrected chi connectivity index (χ0v) is 17.8. The molecule has 9 heteroatoms. The van der Waals surface area contributed by atoms with Crippen molar-refractivity contribution in [3.05, 3.63) is 103 Å². The molecular formula is C24H20N8O. The summed E-state index contributed by atoms with van der Waals surface area (Å²) in [7, 11) is 0. The van der Waals surface area contributed by atoms with Crippen molar-refractivity contribution in [2.75, 3.05) is 10.6 Å². The quantitative estimate of drug-likeness (QED) is 0.415. The summed E-state index contributed by atoms with van der Waals surface area (Å²) in [6, 6.07) is 22.6. The van der Waals surface area contributed by atoms with Crippen LogP contribution in [0, 0.1) is 6.92 Å². The highest BCUT2D eigenvalue weighted by atomic mass is 16.1. The van der Waals surface area contributed by atoms with Crippen molar-refractivity contribution >= 4 is 23.1 Å². The molecule has 5 aromatic rings. The summed E-state index contributed by atoms with van der Waals surface area (Å²) in [5, 5.41) is 22.9. The van der Waals surface area contributed by atoms with E-state index in [4.69, 9.17) is 0 Å². The molecule has 0 aliphatic heterocycles. The first-order valence-electron chi connectivity index (χ1n) is 10.3. The molecule has 5 rings (SSSR count). The monoisotopic (exact) mass is 436 g/mol. The molecule has 0 fully saturated rings. The summed E-state index contributed by atoms with van der Waals surface area (Å²) in [4.78, 5) is 12.8. The summed E-state index contributed by atoms with van der Waals surface area (Å²) in [5.41, 5.74) is 3.70. The highest BCUT2D eigenvalue weighted by Gasteiger charge is 2.15. The number of nitrogens with one attached hydrogen (secondary N) is 2. The van der Waals surface area contributed by atoms with Gasteiger partial charge in [-0.3, -0.25) is 4.79 Å². The van der Waals surface area contributed by atoms with Gasteiger partial charge in [0.1, 0.15) is 0 Å². The molecule has 0 unspecified atom stereocenters. The van der Waals surface area contributed by atoms with Crippen molar-refractivity contribution in [1.29, 1.82) is 0 Å². The van der Waals surface area contributed by atoms with Crippen LogP contribution >= 0.6 is 0 Å². The molecule has 0 spiro atoms. The van der Waals surface area contributed by atoms with Gasteiger partial charge in [0, 0.05) is 23.8 Å². The summed E-state index contributed by atoms with van der Waals surface area (Å²) >= 11 is 0. The van der Waals surface area contributed by atoms with Crippen LogP contribution in [0.3, 0.4) is 0 Å². The largest absolute Gasteiger partial charge is 0.339 e. The Kier molecular flexibility index (Phi) is 5.34. The summed E-state index contributed by atoms with van der Waals surface area (Å²) < 4.78 is 3.39. The third-order valence-corrected chi connectivity index (χ3v) is 5.06. The van der Waals surface area contributed by atoms with Gasteiger partial charge in [0.15, 0.2) is 11.6 Å². The minimum atomic E-state index is -0.213. The van der Waals surface area contributed by atoms with Gasteiger partial charge in [-0.2, -0.15) is 10.2 Å². The fourth-order valence-electron chi connectivity index (χ4n) is 3.36. The minimum absolute atomic E-state index is 0.213. The van der Waals surface area contributed by atoms with E-state index in [9.17, 15) is 4.79 Å². The van der Waals surface area contributed by atoms with Gasteiger partial charge >= 0.3 is 0 Å².